The maximum absolute atomic E-state index is 6.37. The summed E-state index contributed by atoms with van der Waals surface area (Å²) in [7, 11) is 0. The molecule has 134 valence electrons. The molecule has 2 rings (SSSR count). The summed E-state index contributed by atoms with van der Waals surface area (Å²) in [5, 5.41) is 0. The van der Waals surface area contributed by atoms with E-state index in [0.29, 0.717) is 13.2 Å². The lowest BCUT2D eigenvalue weighted by Crippen LogP contribution is -2.22. The van der Waals surface area contributed by atoms with Crippen molar-refractivity contribution in [2.45, 2.75) is 72.8 Å². The van der Waals surface area contributed by atoms with Gasteiger partial charge in [0.1, 0.15) is 22.9 Å². The number of aryl methyl sites for hydroxylation is 2. The Morgan fingerprint density at radius 2 is 1.58 bits per heavy atom. The smallest absolute Gasteiger partial charge is 0.141 e. The quantitative estimate of drug-likeness (QED) is 0.568. The molecular weight excluding hydrogens is 300 g/mol. The second kappa shape index (κ2) is 8.06. The molecule has 3 heteroatoms. The van der Waals surface area contributed by atoms with Crippen LogP contribution in [0.3, 0.4) is 0 Å². The van der Waals surface area contributed by atoms with Crippen molar-refractivity contribution in [3.63, 3.8) is 0 Å². The van der Waals surface area contributed by atoms with Crippen LogP contribution in [0.2, 0.25) is 0 Å². The van der Waals surface area contributed by atoms with E-state index in [9.17, 15) is 0 Å². The topological polar surface area (TPSA) is 31.6 Å². The second-order valence-electron chi connectivity index (χ2n) is 6.75. The number of rotatable bonds is 9. The molecule has 2 aliphatic rings. The third kappa shape index (κ3) is 3.77. The van der Waals surface area contributed by atoms with Crippen LogP contribution >= 0.6 is 0 Å². The van der Waals surface area contributed by atoms with E-state index < -0.39 is 5.60 Å². The van der Waals surface area contributed by atoms with Crippen LogP contribution in [0.15, 0.2) is 16.5 Å². The van der Waals surface area contributed by atoms with Crippen molar-refractivity contribution in [2.24, 2.45) is 0 Å². The molecule has 1 heterocycles. The van der Waals surface area contributed by atoms with Crippen LogP contribution in [0.5, 0.6) is 5.75 Å². The van der Waals surface area contributed by atoms with Crippen LogP contribution in [0, 0.1) is 0 Å². The SMILES string of the molecule is CCCc1cc(CCC)c2c(OCC)cc(C(C)(C)OCC)oc1-2. The maximum atomic E-state index is 6.37. The van der Waals surface area contributed by atoms with Gasteiger partial charge >= 0.3 is 0 Å². The van der Waals surface area contributed by atoms with Gasteiger partial charge in [-0.05, 0) is 51.7 Å². The van der Waals surface area contributed by atoms with Gasteiger partial charge in [0.15, 0.2) is 0 Å². The number of ether oxygens (including phenoxy) is 2. The first kappa shape index (κ1) is 18.9. The summed E-state index contributed by atoms with van der Waals surface area (Å²) in [6.07, 6.45) is 4.28. The summed E-state index contributed by atoms with van der Waals surface area (Å²) in [6.45, 7) is 13.8. The van der Waals surface area contributed by atoms with Crippen LogP contribution in [0.4, 0.5) is 0 Å². The lowest BCUT2D eigenvalue weighted by atomic mass is 10.0. The van der Waals surface area contributed by atoms with Crippen molar-refractivity contribution in [3.05, 3.63) is 29.0 Å². The van der Waals surface area contributed by atoms with Gasteiger partial charge in [0.25, 0.3) is 0 Å². The van der Waals surface area contributed by atoms with Crippen molar-refractivity contribution >= 4 is 0 Å². The first-order chi connectivity index (χ1) is 11.5. The van der Waals surface area contributed by atoms with Crippen molar-refractivity contribution < 1.29 is 13.9 Å². The Balaban J connectivity index is 2.66. The average Bonchev–Trinajstić information content (AvgIpc) is 2.87. The Morgan fingerprint density at radius 1 is 0.917 bits per heavy atom. The van der Waals surface area contributed by atoms with Gasteiger partial charge in [0.05, 0.1) is 12.2 Å². The van der Waals surface area contributed by atoms with Gasteiger partial charge in [0.2, 0.25) is 0 Å². The second-order valence-corrected chi connectivity index (χ2v) is 6.75. The molecule has 0 amide bonds. The molecule has 24 heavy (non-hydrogen) atoms. The van der Waals surface area contributed by atoms with Gasteiger partial charge in [-0.3, -0.25) is 0 Å². The molecule has 0 aromatic heterocycles. The Labute approximate surface area is 146 Å². The van der Waals surface area contributed by atoms with Gasteiger partial charge in [-0.2, -0.15) is 0 Å². The first-order valence-corrected chi connectivity index (χ1v) is 9.33. The predicted molar refractivity (Wildman–Crippen MR) is 99.1 cm³/mol. The van der Waals surface area contributed by atoms with E-state index in [1.807, 2.05) is 33.8 Å². The minimum Gasteiger partial charge on any atom is -0.493 e. The molecule has 0 atom stereocenters. The zero-order valence-corrected chi connectivity index (χ0v) is 16.1. The molecule has 0 fully saturated rings. The van der Waals surface area contributed by atoms with Crippen molar-refractivity contribution in [1.82, 2.24) is 0 Å². The van der Waals surface area contributed by atoms with Crippen LogP contribution in [-0.4, -0.2) is 13.2 Å². The zero-order valence-electron chi connectivity index (χ0n) is 16.1. The van der Waals surface area contributed by atoms with Gasteiger partial charge < -0.3 is 13.9 Å². The summed E-state index contributed by atoms with van der Waals surface area (Å²) >= 11 is 0. The summed E-state index contributed by atoms with van der Waals surface area (Å²) in [5.41, 5.74) is 3.30. The summed E-state index contributed by atoms with van der Waals surface area (Å²) < 4.78 is 18.3. The lowest BCUT2D eigenvalue weighted by Gasteiger charge is -2.25. The van der Waals surface area contributed by atoms with E-state index in [1.165, 1.54) is 11.1 Å². The van der Waals surface area contributed by atoms with E-state index in [1.54, 1.807) is 0 Å². The molecule has 1 aliphatic heterocycles. The number of hydrogen-bond donors (Lipinski definition) is 0. The minimum atomic E-state index is -0.472. The Hall–Kier alpha value is -1.48. The Morgan fingerprint density at radius 3 is 2.17 bits per heavy atom. The summed E-state index contributed by atoms with van der Waals surface area (Å²) in [6, 6.07) is 4.33. The predicted octanol–water partition coefficient (Wildman–Crippen LogP) is 5.96. The van der Waals surface area contributed by atoms with E-state index in [4.69, 9.17) is 13.9 Å². The molecule has 0 saturated carbocycles. The van der Waals surface area contributed by atoms with Crippen molar-refractivity contribution in [2.75, 3.05) is 13.2 Å². The molecule has 0 aromatic rings. The highest BCUT2D eigenvalue weighted by Gasteiger charge is 2.30. The largest absolute Gasteiger partial charge is 0.493 e. The van der Waals surface area contributed by atoms with E-state index >= 15 is 0 Å². The van der Waals surface area contributed by atoms with Gasteiger partial charge in [-0.25, -0.2) is 0 Å². The maximum Gasteiger partial charge on any atom is 0.141 e. The van der Waals surface area contributed by atoms with Crippen LogP contribution in [0.25, 0.3) is 11.3 Å². The molecule has 0 radical (unpaired) electrons. The summed E-state index contributed by atoms with van der Waals surface area (Å²) in [5.74, 6) is 2.73. The van der Waals surface area contributed by atoms with E-state index in [2.05, 4.69) is 19.9 Å². The average molecular weight is 332 g/mol. The van der Waals surface area contributed by atoms with E-state index in [0.717, 1.165) is 48.5 Å². The first-order valence-electron chi connectivity index (χ1n) is 9.33. The fourth-order valence-electron chi connectivity index (χ4n) is 3.29. The molecule has 0 N–H and O–H groups in total. The van der Waals surface area contributed by atoms with Gasteiger partial charge in [0, 0.05) is 12.7 Å². The monoisotopic (exact) mass is 332 g/mol. The van der Waals surface area contributed by atoms with Crippen LogP contribution < -0.4 is 4.74 Å². The van der Waals surface area contributed by atoms with Gasteiger partial charge in [-0.15, -0.1) is 0 Å². The summed E-state index contributed by atoms with van der Waals surface area (Å²) in [4.78, 5) is 0. The van der Waals surface area contributed by atoms with Crippen molar-refractivity contribution in [1.29, 1.82) is 0 Å². The standard InChI is InChI=1S/C21H32O3/c1-7-11-15-13-16(12-8-2)20-19(15)17(22-9-3)14-18(24-20)21(5,6)23-10-4/h13-14H,7-12H2,1-6H3. The minimum absolute atomic E-state index is 0.472. The molecule has 0 spiro atoms. The molecule has 0 saturated heterocycles. The van der Waals surface area contributed by atoms with Crippen LogP contribution in [0.1, 0.15) is 71.3 Å². The van der Waals surface area contributed by atoms with Crippen LogP contribution in [-0.2, 0) is 23.2 Å². The fourth-order valence-corrected chi connectivity index (χ4v) is 3.29. The molecule has 0 aromatic carbocycles. The molecule has 1 aliphatic carbocycles. The highest BCUT2D eigenvalue weighted by molar-refractivity contribution is 5.76. The molecule has 0 unspecified atom stereocenters. The third-order valence-electron chi connectivity index (χ3n) is 4.35. The normalized spacial score (nSPS) is 12.1. The zero-order chi connectivity index (χ0) is 17.7. The fraction of sp³-hybridized carbons (Fsp3) is 0.619. The molecule has 3 nitrogen and oxygen atoms in total. The Kier molecular flexibility index (Phi) is 6.34. The highest BCUT2D eigenvalue weighted by atomic mass is 16.5. The lowest BCUT2D eigenvalue weighted by molar-refractivity contribution is -0.0305. The van der Waals surface area contributed by atoms with Gasteiger partial charge in [-0.1, -0.05) is 32.8 Å². The van der Waals surface area contributed by atoms with Crippen molar-refractivity contribution in [3.8, 4) is 17.1 Å². The third-order valence-corrected chi connectivity index (χ3v) is 4.35. The number of hydrogen-bond acceptors (Lipinski definition) is 3. The Bertz CT molecular complexity index is 625. The molecule has 0 bridgehead atoms. The van der Waals surface area contributed by atoms with E-state index in [-0.39, 0.29) is 0 Å². The highest BCUT2D eigenvalue weighted by Crippen LogP contribution is 2.44. The number of fused-ring (bicyclic) bond motifs is 1. The molecular formula is C21H32O3.